The Bertz CT molecular complexity index is 428. The number of carbonyl (C=O) groups excluding carboxylic acids is 1. The average molecular weight is 318 g/mol. The van der Waals surface area contributed by atoms with Gasteiger partial charge in [0, 0.05) is 6.07 Å². The second kappa shape index (κ2) is 8.83. The molecule has 0 heterocycles. The molecule has 0 spiro atoms. The van der Waals surface area contributed by atoms with Gasteiger partial charge in [-0.1, -0.05) is 22.9 Å². The number of nitrogens with zero attached hydrogens (tertiary/aromatic N) is 2. The number of thiol groups is 1. The summed E-state index contributed by atoms with van der Waals surface area (Å²) in [5.74, 6) is -0.408. The third-order valence-electron chi connectivity index (χ3n) is 2.17. The minimum Gasteiger partial charge on any atom is -0.545 e. The van der Waals surface area contributed by atoms with Crippen LogP contribution < -0.4 is 5.11 Å². The summed E-state index contributed by atoms with van der Waals surface area (Å²) in [5, 5.41) is 20.6. The Labute approximate surface area is 127 Å². The molecule has 0 amide bonds. The molecule has 0 bridgehead atoms. The minimum atomic E-state index is -1.54. The fourth-order valence-corrected chi connectivity index (χ4v) is 1.99. The normalized spacial score (nSPS) is 10.4. The number of nitro benzene ring substituents is 1. The summed E-state index contributed by atoms with van der Waals surface area (Å²) in [7, 11) is 8.16. The van der Waals surface area contributed by atoms with E-state index < -0.39 is 22.1 Å². The Kier molecular flexibility index (Phi) is 8.28. The highest BCUT2D eigenvalue weighted by molar-refractivity contribution is 8.68. The Morgan fingerprint density at radius 1 is 1.35 bits per heavy atom. The summed E-state index contributed by atoms with van der Waals surface area (Å²) in [6.07, 6.45) is 0. The Morgan fingerprint density at radius 2 is 1.90 bits per heavy atom. The molecular weight excluding hydrogens is 300 g/mol. The number of carboxylic acid groups (broad SMARTS) is 1. The quantitative estimate of drug-likeness (QED) is 0.290. The minimum absolute atomic E-state index is 0.400. The van der Waals surface area contributed by atoms with Gasteiger partial charge >= 0.3 is 0 Å². The predicted octanol–water partition coefficient (Wildman–Crippen LogP) is 1.23. The van der Waals surface area contributed by atoms with E-state index in [0.29, 0.717) is 0 Å². The molecule has 0 aromatic heterocycles. The molecule has 0 aliphatic rings. The van der Waals surface area contributed by atoms with Gasteiger partial charge in [-0.15, -0.1) is 11.7 Å². The number of quaternary nitrogens is 1. The van der Waals surface area contributed by atoms with E-state index in [1.54, 1.807) is 10.8 Å². The monoisotopic (exact) mass is 318 g/mol. The maximum atomic E-state index is 10.3. The molecule has 0 unspecified atom stereocenters. The zero-order valence-electron chi connectivity index (χ0n) is 11.6. The summed E-state index contributed by atoms with van der Waals surface area (Å²) < 4.78 is 1.04. The second-order valence-electron chi connectivity index (χ2n) is 4.91. The molecule has 1 aromatic rings. The first-order valence-corrected chi connectivity index (χ1v) is 7.74. The zero-order chi connectivity index (χ0) is 15.8. The van der Waals surface area contributed by atoms with Crippen LogP contribution in [-0.4, -0.2) is 48.8 Å². The van der Waals surface area contributed by atoms with Crippen molar-refractivity contribution in [3.8, 4) is 0 Å². The first-order valence-electron chi connectivity index (χ1n) is 5.70. The number of carboxylic acids is 1. The van der Waals surface area contributed by atoms with E-state index in [9.17, 15) is 20.0 Å². The van der Waals surface area contributed by atoms with E-state index >= 15 is 0 Å². The number of benzene rings is 1. The lowest BCUT2D eigenvalue weighted by Gasteiger charge is -2.22. The Hall–Kier alpha value is -1.25. The molecular formula is C12H18N2O4S2. The van der Waals surface area contributed by atoms with Gasteiger partial charge < -0.3 is 14.4 Å². The maximum Gasteiger partial charge on any atom is 0.278 e. The molecule has 0 saturated heterocycles. The lowest BCUT2D eigenvalue weighted by molar-refractivity contribution is -0.867. The number of hydrogen-bond donors (Lipinski definition) is 1. The summed E-state index contributed by atoms with van der Waals surface area (Å²) in [6, 6.07) is 5.04. The van der Waals surface area contributed by atoms with E-state index in [0.717, 1.165) is 22.4 Å². The molecule has 112 valence electrons. The fourth-order valence-electron chi connectivity index (χ4n) is 1.12. The smallest absolute Gasteiger partial charge is 0.278 e. The van der Waals surface area contributed by atoms with Crippen LogP contribution in [0, 0.1) is 10.1 Å². The number of nitro groups is 1. The van der Waals surface area contributed by atoms with Crippen molar-refractivity contribution in [3.05, 3.63) is 39.9 Å². The average Bonchev–Trinajstić information content (AvgIpc) is 2.36. The van der Waals surface area contributed by atoms with Crippen molar-refractivity contribution in [2.24, 2.45) is 0 Å². The standard InChI is InChI=1S/C7H5NO4.C5H13NS2/c9-7(10)5-3-1-2-4-6(5)8(11)12;1-6(2,3)4-5-8-7/h1-4H,(H,9,10);4-5H2,1-3H3. The van der Waals surface area contributed by atoms with Crippen LogP contribution in [0.25, 0.3) is 0 Å². The zero-order valence-corrected chi connectivity index (χ0v) is 13.3. The molecule has 0 fully saturated rings. The lowest BCUT2D eigenvalue weighted by atomic mass is 10.2. The van der Waals surface area contributed by atoms with Crippen molar-refractivity contribution < 1.29 is 19.3 Å². The van der Waals surface area contributed by atoms with E-state index in [1.807, 2.05) is 0 Å². The molecule has 0 saturated carbocycles. The van der Waals surface area contributed by atoms with Crippen LogP contribution in [0.15, 0.2) is 24.3 Å². The fraction of sp³-hybridized carbons (Fsp3) is 0.417. The Morgan fingerprint density at radius 3 is 2.20 bits per heavy atom. The van der Waals surface area contributed by atoms with Gasteiger partial charge in [-0.25, -0.2) is 0 Å². The van der Waals surface area contributed by atoms with Crippen molar-refractivity contribution in [3.63, 3.8) is 0 Å². The van der Waals surface area contributed by atoms with Crippen molar-refractivity contribution >= 4 is 34.1 Å². The lowest BCUT2D eigenvalue weighted by Crippen LogP contribution is -2.36. The Balaban J connectivity index is 0.000000396. The highest BCUT2D eigenvalue weighted by Gasteiger charge is 2.11. The van der Waals surface area contributed by atoms with E-state index in [1.165, 1.54) is 18.7 Å². The van der Waals surface area contributed by atoms with Gasteiger partial charge in [-0.3, -0.25) is 10.1 Å². The van der Waals surface area contributed by atoms with Gasteiger partial charge in [0.2, 0.25) is 0 Å². The van der Waals surface area contributed by atoms with E-state index in [-0.39, 0.29) is 0 Å². The van der Waals surface area contributed by atoms with Crippen molar-refractivity contribution in [1.82, 2.24) is 0 Å². The van der Waals surface area contributed by atoms with Gasteiger partial charge in [-0.05, 0) is 6.07 Å². The molecule has 1 aromatic carbocycles. The maximum absolute atomic E-state index is 10.3. The topological polar surface area (TPSA) is 83.3 Å². The molecule has 0 radical (unpaired) electrons. The number of aromatic carboxylic acids is 1. The van der Waals surface area contributed by atoms with Gasteiger partial charge in [0.15, 0.2) is 0 Å². The molecule has 0 aliphatic carbocycles. The number of carbonyl (C=O) groups is 1. The van der Waals surface area contributed by atoms with Crippen LogP contribution in [-0.2, 0) is 0 Å². The van der Waals surface area contributed by atoms with Gasteiger partial charge in [0.05, 0.1) is 49.9 Å². The highest BCUT2D eigenvalue weighted by Crippen LogP contribution is 2.15. The van der Waals surface area contributed by atoms with Crippen LogP contribution in [0.5, 0.6) is 0 Å². The number of hydrogen-bond acceptors (Lipinski definition) is 6. The SMILES string of the molecule is C[N+](C)(C)CCSS.O=C([O-])c1ccccc1[N+](=O)[O-]. The number of para-hydroxylation sites is 1. The van der Waals surface area contributed by atoms with Crippen LogP contribution in [0.2, 0.25) is 0 Å². The van der Waals surface area contributed by atoms with Gasteiger partial charge in [0.25, 0.3) is 5.69 Å². The van der Waals surface area contributed by atoms with E-state index in [4.69, 9.17) is 0 Å². The molecule has 6 nitrogen and oxygen atoms in total. The molecule has 0 aliphatic heterocycles. The molecule has 8 heteroatoms. The van der Waals surface area contributed by atoms with Crippen LogP contribution in [0.4, 0.5) is 5.69 Å². The highest BCUT2D eigenvalue weighted by atomic mass is 33.1. The molecule has 20 heavy (non-hydrogen) atoms. The van der Waals surface area contributed by atoms with Crippen molar-refractivity contribution in [2.45, 2.75) is 0 Å². The summed E-state index contributed by atoms with van der Waals surface area (Å²) in [5.41, 5.74) is -0.847. The first kappa shape index (κ1) is 18.8. The van der Waals surface area contributed by atoms with Crippen molar-refractivity contribution in [2.75, 3.05) is 33.4 Å². The summed E-state index contributed by atoms with van der Waals surface area (Å²) in [4.78, 5) is 19.8. The predicted molar refractivity (Wildman–Crippen MR) is 81.8 cm³/mol. The number of rotatable bonds is 5. The third kappa shape index (κ3) is 8.03. The van der Waals surface area contributed by atoms with E-state index in [2.05, 4.69) is 32.8 Å². The van der Waals surface area contributed by atoms with Gasteiger partial charge in [-0.2, -0.15) is 0 Å². The molecule has 0 N–H and O–H groups in total. The van der Waals surface area contributed by atoms with Crippen LogP contribution >= 0.6 is 22.5 Å². The van der Waals surface area contributed by atoms with Gasteiger partial charge in [0.1, 0.15) is 0 Å². The molecule has 1 rings (SSSR count). The summed E-state index contributed by atoms with van der Waals surface area (Å²) in [6.45, 7) is 1.19. The first-order chi connectivity index (χ1) is 9.19. The van der Waals surface area contributed by atoms with Crippen LogP contribution in [0.1, 0.15) is 10.4 Å². The second-order valence-corrected chi connectivity index (χ2v) is 6.35. The van der Waals surface area contributed by atoms with Crippen molar-refractivity contribution in [1.29, 1.82) is 0 Å². The summed E-state index contributed by atoms with van der Waals surface area (Å²) >= 11 is 4.04. The molecule has 0 atom stereocenters. The largest absolute Gasteiger partial charge is 0.545 e. The third-order valence-corrected chi connectivity index (χ3v) is 3.09. The van der Waals surface area contributed by atoms with Crippen LogP contribution in [0.3, 0.4) is 0 Å².